The molecular formula is C23H21N5O3. The highest BCUT2D eigenvalue weighted by atomic mass is 16.5. The molecule has 2 heterocycles. The third-order valence-corrected chi connectivity index (χ3v) is 4.66. The van der Waals surface area contributed by atoms with Crippen LogP contribution in [-0.4, -0.2) is 41.3 Å². The minimum Gasteiger partial charge on any atom is -0.493 e. The molecule has 0 saturated heterocycles. The van der Waals surface area contributed by atoms with Crippen LogP contribution in [0.15, 0.2) is 65.9 Å². The second-order valence-electron chi connectivity index (χ2n) is 6.74. The molecule has 0 aliphatic heterocycles. The summed E-state index contributed by atoms with van der Waals surface area (Å²) in [4.78, 5) is 24.4. The van der Waals surface area contributed by atoms with Crippen molar-refractivity contribution in [2.45, 2.75) is 6.42 Å². The number of nitrogens with one attached hydrogen (secondary N) is 2. The summed E-state index contributed by atoms with van der Waals surface area (Å²) in [5.41, 5.74) is 6.23. The first kappa shape index (κ1) is 20.1. The molecule has 0 saturated carbocycles. The third kappa shape index (κ3) is 4.69. The molecule has 4 aromatic rings. The summed E-state index contributed by atoms with van der Waals surface area (Å²) in [6.07, 6.45) is 3.74. The van der Waals surface area contributed by atoms with Gasteiger partial charge in [-0.1, -0.05) is 12.1 Å². The summed E-state index contributed by atoms with van der Waals surface area (Å²) in [5, 5.41) is 3.95. The van der Waals surface area contributed by atoms with E-state index in [-0.39, 0.29) is 5.91 Å². The van der Waals surface area contributed by atoms with E-state index in [2.05, 4.69) is 25.5 Å². The Labute approximate surface area is 179 Å². The van der Waals surface area contributed by atoms with Gasteiger partial charge in [-0.15, -0.1) is 0 Å². The van der Waals surface area contributed by atoms with Crippen LogP contribution in [0, 0.1) is 0 Å². The van der Waals surface area contributed by atoms with Crippen molar-refractivity contribution in [1.82, 2.24) is 20.4 Å². The summed E-state index contributed by atoms with van der Waals surface area (Å²) in [7, 11) is 3.21. The highest BCUT2D eigenvalue weighted by Crippen LogP contribution is 2.28. The monoisotopic (exact) mass is 415 g/mol. The van der Waals surface area contributed by atoms with Crippen LogP contribution in [0.4, 0.5) is 0 Å². The van der Waals surface area contributed by atoms with E-state index < -0.39 is 0 Å². The normalized spacial score (nSPS) is 11.0. The fourth-order valence-electron chi connectivity index (χ4n) is 3.15. The summed E-state index contributed by atoms with van der Waals surface area (Å²) in [6, 6.07) is 16.5. The average molecular weight is 415 g/mol. The molecule has 0 atom stereocenters. The number of pyridine rings is 1. The summed E-state index contributed by atoms with van der Waals surface area (Å²) >= 11 is 0. The first-order valence-corrected chi connectivity index (χ1v) is 9.60. The Balaban J connectivity index is 1.48. The maximum absolute atomic E-state index is 12.4. The number of hydrogen-bond acceptors (Lipinski definition) is 6. The Bertz CT molecular complexity index is 1230. The molecule has 156 valence electrons. The molecule has 8 nitrogen and oxygen atoms in total. The third-order valence-electron chi connectivity index (χ3n) is 4.66. The predicted octanol–water partition coefficient (Wildman–Crippen LogP) is 3.33. The van der Waals surface area contributed by atoms with Gasteiger partial charge in [0.2, 0.25) is 0 Å². The van der Waals surface area contributed by atoms with Crippen LogP contribution >= 0.6 is 0 Å². The molecule has 2 N–H and O–H groups in total. The molecule has 2 aromatic heterocycles. The number of imidazole rings is 1. The lowest BCUT2D eigenvalue weighted by Crippen LogP contribution is -2.17. The lowest BCUT2D eigenvalue weighted by molar-refractivity contribution is 0.0955. The van der Waals surface area contributed by atoms with Crippen molar-refractivity contribution in [2.24, 2.45) is 5.10 Å². The molecular weight excluding hydrogens is 394 g/mol. The Morgan fingerprint density at radius 2 is 1.97 bits per heavy atom. The van der Waals surface area contributed by atoms with Gasteiger partial charge in [0.25, 0.3) is 5.91 Å². The van der Waals surface area contributed by atoms with Crippen molar-refractivity contribution < 1.29 is 14.3 Å². The summed E-state index contributed by atoms with van der Waals surface area (Å²) in [6.45, 7) is 0. The number of aromatic amines is 1. The molecule has 0 spiro atoms. The fourth-order valence-corrected chi connectivity index (χ4v) is 3.15. The van der Waals surface area contributed by atoms with Gasteiger partial charge in [0.05, 0.1) is 37.2 Å². The van der Waals surface area contributed by atoms with Crippen LogP contribution in [0.25, 0.3) is 11.0 Å². The van der Waals surface area contributed by atoms with E-state index in [4.69, 9.17) is 9.47 Å². The number of nitrogens with zero attached hydrogens (tertiary/aromatic N) is 3. The number of fused-ring (bicyclic) bond motifs is 1. The van der Waals surface area contributed by atoms with Gasteiger partial charge in [-0.05, 0) is 48.0 Å². The van der Waals surface area contributed by atoms with Crippen LogP contribution < -0.4 is 14.9 Å². The van der Waals surface area contributed by atoms with Crippen LogP contribution in [0.3, 0.4) is 0 Å². The number of carbonyl (C=O) groups excluding carboxylic acids is 1. The van der Waals surface area contributed by atoms with Gasteiger partial charge in [-0.3, -0.25) is 9.78 Å². The van der Waals surface area contributed by atoms with E-state index >= 15 is 0 Å². The highest BCUT2D eigenvalue weighted by Gasteiger charge is 2.10. The van der Waals surface area contributed by atoms with E-state index in [9.17, 15) is 4.79 Å². The topological polar surface area (TPSA) is 101 Å². The zero-order chi connectivity index (χ0) is 21.6. The Morgan fingerprint density at radius 3 is 2.74 bits per heavy atom. The SMILES string of the molecule is COc1ccc(Cc2nc3ccc(C(=O)N/N=C\c4ccccn4)cc3[nH]2)cc1OC. The molecule has 0 bridgehead atoms. The lowest BCUT2D eigenvalue weighted by Gasteiger charge is -2.08. The molecule has 31 heavy (non-hydrogen) atoms. The second-order valence-corrected chi connectivity index (χ2v) is 6.74. The first-order valence-electron chi connectivity index (χ1n) is 9.60. The minimum absolute atomic E-state index is 0.315. The van der Waals surface area contributed by atoms with Crippen molar-refractivity contribution in [2.75, 3.05) is 14.2 Å². The van der Waals surface area contributed by atoms with Crippen molar-refractivity contribution in [3.63, 3.8) is 0 Å². The van der Waals surface area contributed by atoms with Crippen LogP contribution in [0.5, 0.6) is 11.5 Å². The summed E-state index contributed by atoms with van der Waals surface area (Å²) < 4.78 is 10.6. The van der Waals surface area contributed by atoms with Crippen molar-refractivity contribution >= 4 is 23.2 Å². The quantitative estimate of drug-likeness (QED) is 0.356. The van der Waals surface area contributed by atoms with Crippen LogP contribution in [-0.2, 0) is 6.42 Å². The minimum atomic E-state index is -0.315. The Hall–Kier alpha value is -4.20. The number of carbonyl (C=O) groups is 1. The number of hydrazone groups is 1. The molecule has 0 aliphatic rings. The van der Waals surface area contributed by atoms with Gasteiger partial charge in [0, 0.05) is 18.2 Å². The van der Waals surface area contributed by atoms with Crippen LogP contribution in [0.1, 0.15) is 27.4 Å². The second kappa shape index (κ2) is 9.08. The number of methoxy groups -OCH3 is 2. The average Bonchev–Trinajstić information content (AvgIpc) is 3.21. The van der Waals surface area contributed by atoms with Crippen LogP contribution in [0.2, 0.25) is 0 Å². The van der Waals surface area contributed by atoms with E-state index in [0.717, 1.165) is 22.4 Å². The molecule has 0 radical (unpaired) electrons. The van der Waals surface area contributed by atoms with Crippen molar-refractivity contribution in [3.05, 3.63) is 83.4 Å². The van der Waals surface area contributed by atoms with Gasteiger partial charge < -0.3 is 14.5 Å². The molecule has 8 heteroatoms. The predicted molar refractivity (Wildman–Crippen MR) is 118 cm³/mol. The van der Waals surface area contributed by atoms with E-state index in [1.165, 1.54) is 6.21 Å². The first-order chi connectivity index (χ1) is 15.2. The number of aromatic nitrogens is 3. The van der Waals surface area contributed by atoms with Crippen molar-refractivity contribution in [3.8, 4) is 11.5 Å². The van der Waals surface area contributed by atoms with E-state index in [1.807, 2.05) is 30.3 Å². The number of rotatable bonds is 7. The maximum atomic E-state index is 12.4. The Morgan fingerprint density at radius 1 is 1.10 bits per heavy atom. The van der Waals surface area contributed by atoms with Gasteiger partial charge in [-0.25, -0.2) is 10.4 Å². The van der Waals surface area contributed by atoms with Gasteiger partial charge in [-0.2, -0.15) is 5.10 Å². The molecule has 0 unspecified atom stereocenters. The number of hydrogen-bond donors (Lipinski definition) is 2. The molecule has 2 aromatic carbocycles. The molecule has 0 aliphatic carbocycles. The fraction of sp³-hybridized carbons (Fsp3) is 0.130. The lowest BCUT2D eigenvalue weighted by atomic mass is 10.1. The highest BCUT2D eigenvalue weighted by molar-refractivity contribution is 5.97. The van der Waals surface area contributed by atoms with E-state index in [1.54, 1.807) is 44.7 Å². The van der Waals surface area contributed by atoms with Gasteiger partial charge >= 0.3 is 0 Å². The van der Waals surface area contributed by atoms with Gasteiger partial charge in [0.15, 0.2) is 11.5 Å². The molecule has 1 amide bonds. The maximum Gasteiger partial charge on any atom is 0.271 e. The standard InChI is InChI=1S/C23H21N5O3/c1-30-20-9-6-15(11-21(20)31-2)12-22-26-18-8-7-16(13-19(18)27-22)23(29)28-25-14-17-5-3-4-10-24-17/h3-11,13-14H,12H2,1-2H3,(H,26,27)(H,28,29)/b25-14-. The summed E-state index contributed by atoms with van der Waals surface area (Å²) in [5.74, 6) is 1.82. The zero-order valence-corrected chi connectivity index (χ0v) is 17.1. The number of benzene rings is 2. The number of H-pyrrole nitrogens is 1. The molecule has 4 rings (SSSR count). The van der Waals surface area contributed by atoms with Gasteiger partial charge in [0.1, 0.15) is 5.82 Å². The molecule has 0 fully saturated rings. The number of ether oxygens (including phenoxy) is 2. The van der Waals surface area contributed by atoms with E-state index in [0.29, 0.717) is 29.2 Å². The smallest absolute Gasteiger partial charge is 0.271 e. The number of amides is 1. The Kier molecular flexibility index (Phi) is 5.89. The largest absolute Gasteiger partial charge is 0.493 e. The zero-order valence-electron chi connectivity index (χ0n) is 17.1. The van der Waals surface area contributed by atoms with Crippen molar-refractivity contribution in [1.29, 1.82) is 0 Å².